The molecule has 3 aromatic carbocycles. The van der Waals surface area contributed by atoms with Gasteiger partial charge in [0.05, 0.1) is 5.69 Å². The van der Waals surface area contributed by atoms with E-state index in [2.05, 4.69) is 36.5 Å². The van der Waals surface area contributed by atoms with E-state index in [1.54, 1.807) is 11.8 Å². The Bertz CT molecular complexity index is 781. The highest BCUT2D eigenvalue weighted by Crippen LogP contribution is 2.20. The Balaban J connectivity index is 1.76. The minimum absolute atomic E-state index is 0.881. The average molecular weight is 332 g/mol. The quantitative estimate of drug-likeness (QED) is 0.466. The van der Waals surface area contributed by atoms with E-state index in [0.717, 1.165) is 22.3 Å². The van der Waals surface area contributed by atoms with Gasteiger partial charge in [-0.15, -0.1) is 0 Å². The summed E-state index contributed by atoms with van der Waals surface area (Å²) in [5.41, 5.74) is 4.57. The van der Waals surface area contributed by atoms with Crippen LogP contribution in [0.2, 0.25) is 0 Å². The molecule has 0 saturated carbocycles. The molecule has 0 unspecified atom stereocenters. The Labute approximate surface area is 147 Å². The lowest BCUT2D eigenvalue weighted by Crippen LogP contribution is -2.07. The molecule has 3 aromatic rings. The van der Waals surface area contributed by atoms with Crippen molar-refractivity contribution in [3.05, 3.63) is 96.1 Å². The summed E-state index contributed by atoms with van der Waals surface area (Å²) in [6.45, 7) is 2.11. The van der Waals surface area contributed by atoms with E-state index in [0.29, 0.717) is 0 Å². The highest BCUT2D eigenvalue weighted by molar-refractivity contribution is 8.13. The molecular weight excluding hydrogens is 312 g/mol. The molecule has 3 heteroatoms. The average Bonchev–Trinajstić information content (AvgIpc) is 2.63. The van der Waals surface area contributed by atoms with Crippen LogP contribution >= 0.6 is 11.8 Å². The van der Waals surface area contributed by atoms with Crippen LogP contribution in [0.4, 0.5) is 11.4 Å². The van der Waals surface area contributed by atoms with Crippen LogP contribution in [0.15, 0.2) is 89.9 Å². The maximum absolute atomic E-state index is 4.76. The van der Waals surface area contributed by atoms with Gasteiger partial charge in [-0.05, 0) is 36.8 Å². The smallest absolute Gasteiger partial charge is 0.166 e. The van der Waals surface area contributed by atoms with Crippen LogP contribution in [0.1, 0.15) is 11.1 Å². The van der Waals surface area contributed by atoms with Gasteiger partial charge in [0, 0.05) is 11.4 Å². The number of thioether (sulfide) groups is 1. The summed E-state index contributed by atoms with van der Waals surface area (Å²) in [6, 6.07) is 28.8. The van der Waals surface area contributed by atoms with E-state index in [9.17, 15) is 0 Å². The molecule has 0 aliphatic heterocycles. The first-order valence-electron chi connectivity index (χ1n) is 7.94. The number of aryl methyl sites for hydroxylation is 1. The van der Waals surface area contributed by atoms with Gasteiger partial charge in [0.1, 0.15) is 0 Å². The zero-order chi connectivity index (χ0) is 16.6. The minimum Gasteiger partial charge on any atom is -0.335 e. The van der Waals surface area contributed by atoms with Gasteiger partial charge in [-0.1, -0.05) is 78.0 Å². The number of benzene rings is 3. The second-order valence-electron chi connectivity index (χ2n) is 5.52. The lowest BCUT2D eigenvalue weighted by atomic mass is 10.2. The lowest BCUT2D eigenvalue weighted by molar-refractivity contribution is 1.37. The fourth-order valence-corrected chi connectivity index (χ4v) is 3.05. The Morgan fingerprint density at radius 2 is 1.46 bits per heavy atom. The predicted octanol–water partition coefficient (Wildman–Crippen LogP) is 6.03. The van der Waals surface area contributed by atoms with Crippen LogP contribution in [-0.4, -0.2) is 5.17 Å². The number of amidine groups is 1. The van der Waals surface area contributed by atoms with Crippen LogP contribution in [0, 0.1) is 6.92 Å². The number of anilines is 1. The number of nitrogens with zero attached hydrogens (tertiary/aromatic N) is 1. The highest BCUT2D eigenvalue weighted by atomic mass is 32.2. The summed E-state index contributed by atoms with van der Waals surface area (Å²) in [4.78, 5) is 4.76. The SMILES string of the molecule is Cc1ccc(CSC(=Nc2ccccc2)Nc2ccccc2)cc1. The third-order valence-corrected chi connectivity index (χ3v) is 4.45. The van der Waals surface area contributed by atoms with Crippen molar-refractivity contribution in [1.29, 1.82) is 0 Å². The number of aliphatic imine (C=N–C) groups is 1. The maximum Gasteiger partial charge on any atom is 0.166 e. The highest BCUT2D eigenvalue weighted by Gasteiger charge is 2.03. The molecule has 0 aliphatic rings. The van der Waals surface area contributed by atoms with Crippen LogP contribution in [0.3, 0.4) is 0 Å². The van der Waals surface area contributed by atoms with Crippen molar-refractivity contribution < 1.29 is 0 Å². The van der Waals surface area contributed by atoms with Gasteiger partial charge in [-0.2, -0.15) is 0 Å². The molecule has 0 amide bonds. The summed E-state index contributed by atoms with van der Waals surface area (Å²) in [5.74, 6) is 0.881. The van der Waals surface area contributed by atoms with Crippen molar-refractivity contribution in [1.82, 2.24) is 0 Å². The van der Waals surface area contributed by atoms with E-state index in [-0.39, 0.29) is 0 Å². The summed E-state index contributed by atoms with van der Waals surface area (Å²) in [5, 5.41) is 4.32. The van der Waals surface area contributed by atoms with Gasteiger partial charge in [-0.25, -0.2) is 4.99 Å². The molecule has 0 bridgehead atoms. The van der Waals surface area contributed by atoms with Gasteiger partial charge >= 0.3 is 0 Å². The van der Waals surface area contributed by atoms with Crippen LogP contribution in [-0.2, 0) is 5.75 Å². The van der Waals surface area contributed by atoms with Crippen molar-refractivity contribution >= 4 is 28.3 Å². The molecule has 0 aromatic heterocycles. The van der Waals surface area contributed by atoms with Gasteiger partial charge < -0.3 is 5.32 Å². The molecule has 0 spiro atoms. The number of hydrogen-bond acceptors (Lipinski definition) is 2. The van der Waals surface area contributed by atoms with Crippen molar-refractivity contribution in [3.8, 4) is 0 Å². The standard InChI is InChI=1S/C21H20N2S/c1-17-12-14-18(15-13-17)16-24-21(22-19-8-4-2-5-9-19)23-20-10-6-3-7-11-20/h2-15H,16H2,1H3,(H,22,23). The maximum atomic E-state index is 4.76. The molecule has 0 saturated heterocycles. The summed E-state index contributed by atoms with van der Waals surface area (Å²) in [7, 11) is 0. The first kappa shape index (κ1) is 16.3. The molecule has 3 rings (SSSR count). The van der Waals surface area contributed by atoms with Gasteiger partial charge in [-0.3, -0.25) is 0 Å². The monoisotopic (exact) mass is 332 g/mol. The van der Waals surface area contributed by atoms with Gasteiger partial charge in [0.2, 0.25) is 0 Å². The Kier molecular flexibility index (Phi) is 5.70. The number of hydrogen-bond donors (Lipinski definition) is 1. The molecule has 0 heterocycles. The molecule has 24 heavy (non-hydrogen) atoms. The number of para-hydroxylation sites is 2. The normalized spacial score (nSPS) is 11.3. The van der Waals surface area contributed by atoms with Crippen LogP contribution in [0.5, 0.6) is 0 Å². The summed E-state index contributed by atoms with van der Waals surface area (Å²) in [6.07, 6.45) is 0. The summed E-state index contributed by atoms with van der Waals surface area (Å²) < 4.78 is 0. The van der Waals surface area contributed by atoms with Gasteiger partial charge in [0.15, 0.2) is 5.17 Å². The van der Waals surface area contributed by atoms with E-state index >= 15 is 0 Å². The third kappa shape index (κ3) is 5.00. The first-order chi connectivity index (χ1) is 11.8. The lowest BCUT2D eigenvalue weighted by Gasteiger charge is -2.10. The number of nitrogens with one attached hydrogen (secondary N) is 1. The zero-order valence-electron chi connectivity index (χ0n) is 13.6. The third-order valence-electron chi connectivity index (χ3n) is 3.51. The fourth-order valence-electron chi connectivity index (χ4n) is 2.20. The molecule has 1 N–H and O–H groups in total. The second kappa shape index (κ2) is 8.37. The fraction of sp³-hybridized carbons (Fsp3) is 0.0952. The topological polar surface area (TPSA) is 24.4 Å². The Hall–Kier alpha value is -2.52. The minimum atomic E-state index is 0.881. The molecule has 0 aliphatic carbocycles. The second-order valence-corrected chi connectivity index (χ2v) is 6.48. The molecule has 120 valence electrons. The van der Waals surface area contributed by atoms with E-state index in [1.165, 1.54) is 11.1 Å². The summed E-state index contributed by atoms with van der Waals surface area (Å²) >= 11 is 1.71. The largest absolute Gasteiger partial charge is 0.335 e. The van der Waals surface area contributed by atoms with Crippen LogP contribution < -0.4 is 5.32 Å². The van der Waals surface area contributed by atoms with Crippen molar-refractivity contribution in [2.24, 2.45) is 4.99 Å². The Morgan fingerprint density at radius 1 is 0.833 bits per heavy atom. The molecule has 2 nitrogen and oxygen atoms in total. The van der Waals surface area contributed by atoms with Gasteiger partial charge in [0.25, 0.3) is 0 Å². The first-order valence-corrected chi connectivity index (χ1v) is 8.92. The van der Waals surface area contributed by atoms with Crippen molar-refractivity contribution in [3.63, 3.8) is 0 Å². The van der Waals surface area contributed by atoms with E-state index in [1.807, 2.05) is 60.7 Å². The molecule has 0 radical (unpaired) electrons. The molecule has 0 fully saturated rings. The molecule has 0 atom stereocenters. The van der Waals surface area contributed by atoms with Crippen molar-refractivity contribution in [2.75, 3.05) is 5.32 Å². The number of rotatable bonds is 4. The van der Waals surface area contributed by atoms with E-state index in [4.69, 9.17) is 4.99 Å². The molecular formula is C21H20N2S. The van der Waals surface area contributed by atoms with Crippen LogP contribution in [0.25, 0.3) is 0 Å². The van der Waals surface area contributed by atoms with E-state index < -0.39 is 0 Å². The predicted molar refractivity (Wildman–Crippen MR) is 106 cm³/mol. The van der Waals surface area contributed by atoms with Crippen molar-refractivity contribution in [2.45, 2.75) is 12.7 Å². The zero-order valence-corrected chi connectivity index (χ0v) is 14.5. The Morgan fingerprint density at radius 3 is 2.12 bits per heavy atom.